The third-order valence-corrected chi connectivity index (χ3v) is 4.03. The lowest BCUT2D eigenvalue weighted by atomic mass is 10.1. The van der Waals surface area contributed by atoms with Gasteiger partial charge in [0.2, 0.25) is 0 Å². The molecule has 0 saturated carbocycles. The zero-order valence-electron chi connectivity index (χ0n) is 11.3. The summed E-state index contributed by atoms with van der Waals surface area (Å²) in [6, 6.07) is 15.2. The molecule has 21 heavy (non-hydrogen) atoms. The first-order valence-electron chi connectivity index (χ1n) is 6.13. The summed E-state index contributed by atoms with van der Waals surface area (Å²) < 4.78 is 24.0. The highest BCUT2D eigenvalue weighted by atomic mass is 32.2. The number of hydrazone groups is 1. The molecule has 2 rings (SSSR count). The van der Waals surface area contributed by atoms with E-state index in [1.807, 2.05) is 13.0 Å². The lowest BCUT2D eigenvalue weighted by molar-refractivity contribution is 0.584. The molecule has 2 aromatic carbocycles. The van der Waals surface area contributed by atoms with E-state index in [9.17, 15) is 8.42 Å². The Labute approximate surface area is 123 Å². The quantitative estimate of drug-likeness (QED) is 0.694. The third kappa shape index (κ3) is 3.68. The zero-order valence-corrected chi connectivity index (χ0v) is 12.1. The van der Waals surface area contributed by atoms with Crippen LogP contribution in [0.4, 0.5) is 0 Å². The molecule has 0 unspecified atom stereocenters. The minimum atomic E-state index is -3.70. The van der Waals surface area contributed by atoms with Gasteiger partial charge in [-0.25, -0.2) is 4.83 Å². The van der Waals surface area contributed by atoms with E-state index in [1.165, 1.54) is 18.3 Å². The molecular formula is C15H13N3O2S. The van der Waals surface area contributed by atoms with Crippen molar-refractivity contribution in [3.8, 4) is 6.07 Å². The van der Waals surface area contributed by atoms with Crippen molar-refractivity contribution in [3.05, 3.63) is 65.2 Å². The van der Waals surface area contributed by atoms with Crippen molar-refractivity contribution >= 4 is 16.2 Å². The Morgan fingerprint density at radius 2 is 1.81 bits per heavy atom. The summed E-state index contributed by atoms with van der Waals surface area (Å²) in [5.74, 6) is 0. The van der Waals surface area contributed by atoms with Crippen LogP contribution in [0, 0.1) is 18.3 Å². The molecule has 0 aliphatic heterocycles. The molecule has 0 saturated heterocycles. The highest BCUT2D eigenvalue weighted by Gasteiger charge is 2.11. The largest absolute Gasteiger partial charge is 0.276 e. The molecule has 2 aromatic rings. The zero-order chi connectivity index (χ0) is 15.3. The number of sulfonamides is 1. The molecule has 1 N–H and O–H groups in total. The second-order valence-corrected chi connectivity index (χ2v) is 6.03. The fraction of sp³-hybridized carbons (Fsp3) is 0.0667. The lowest BCUT2D eigenvalue weighted by Gasteiger charge is -2.03. The number of benzene rings is 2. The molecule has 5 nitrogen and oxygen atoms in total. The summed E-state index contributed by atoms with van der Waals surface area (Å²) in [4.78, 5) is 2.26. The molecule has 0 radical (unpaired) electrons. The summed E-state index contributed by atoms with van der Waals surface area (Å²) in [6.45, 7) is 1.88. The summed E-state index contributed by atoms with van der Waals surface area (Å²) >= 11 is 0. The van der Waals surface area contributed by atoms with Gasteiger partial charge in [-0.3, -0.25) is 0 Å². The van der Waals surface area contributed by atoms with Crippen LogP contribution in [0.5, 0.6) is 0 Å². The molecule has 0 fully saturated rings. The lowest BCUT2D eigenvalue weighted by Crippen LogP contribution is -2.18. The van der Waals surface area contributed by atoms with Crippen LogP contribution in [0.2, 0.25) is 0 Å². The first kappa shape index (κ1) is 14.8. The van der Waals surface area contributed by atoms with E-state index in [0.717, 1.165) is 5.56 Å². The normalized spacial score (nSPS) is 11.2. The number of nitrogens with one attached hydrogen (secondary N) is 1. The predicted octanol–water partition coefficient (Wildman–Crippen LogP) is 2.18. The SMILES string of the molecule is Cc1ccc(S(=O)(=O)NN=Cc2ccccc2C#N)cc1. The highest BCUT2D eigenvalue weighted by Crippen LogP contribution is 2.10. The molecule has 0 aliphatic carbocycles. The predicted molar refractivity (Wildman–Crippen MR) is 80.3 cm³/mol. The average Bonchev–Trinajstić information content (AvgIpc) is 2.48. The fourth-order valence-corrected chi connectivity index (χ4v) is 2.44. The van der Waals surface area contributed by atoms with E-state index in [0.29, 0.717) is 11.1 Å². The molecule has 0 atom stereocenters. The number of hydrogen-bond acceptors (Lipinski definition) is 4. The first-order chi connectivity index (χ1) is 10.0. The van der Waals surface area contributed by atoms with E-state index >= 15 is 0 Å². The Hall–Kier alpha value is -2.65. The van der Waals surface area contributed by atoms with Crippen molar-refractivity contribution in [2.75, 3.05) is 0 Å². The van der Waals surface area contributed by atoms with Gasteiger partial charge in [-0.2, -0.15) is 18.8 Å². The standard InChI is InChI=1S/C15H13N3O2S/c1-12-6-8-15(9-7-12)21(19,20)18-17-11-14-5-3-2-4-13(14)10-16/h2-9,11,18H,1H3. The van der Waals surface area contributed by atoms with E-state index in [4.69, 9.17) is 5.26 Å². The van der Waals surface area contributed by atoms with Crippen molar-refractivity contribution in [3.63, 3.8) is 0 Å². The summed E-state index contributed by atoms with van der Waals surface area (Å²) in [7, 11) is -3.70. The van der Waals surface area contributed by atoms with Gasteiger partial charge in [0.25, 0.3) is 10.0 Å². The molecule has 0 spiro atoms. The first-order valence-corrected chi connectivity index (χ1v) is 7.62. The maximum atomic E-state index is 12.0. The van der Waals surface area contributed by atoms with Gasteiger partial charge in [-0.15, -0.1) is 0 Å². The topological polar surface area (TPSA) is 82.3 Å². The molecular weight excluding hydrogens is 286 g/mol. The molecule has 0 heterocycles. The van der Waals surface area contributed by atoms with Gasteiger partial charge >= 0.3 is 0 Å². The number of hydrogen-bond donors (Lipinski definition) is 1. The minimum Gasteiger partial charge on any atom is -0.200 e. The Bertz CT molecular complexity index is 804. The molecule has 0 aromatic heterocycles. The van der Waals surface area contributed by atoms with Crippen LogP contribution in [-0.2, 0) is 10.0 Å². The Morgan fingerprint density at radius 3 is 2.48 bits per heavy atom. The van der Waals surface area contributed by atoms with Gasteiger partial charge in [0.15, 0.2) is 0 Å². The van der Waals surface area contributed by atoms with Gasteiger partial charge in [0.1, 0.15) is 0 Å². The minimum absolute atomic E-state index is 0.138. The molecule has 0 aliphatic rings. The second-order valence-electron chi connectivity index (χ2n) is 4.37. The number of rotatable bonds is 4. The maximum absolute atomic E-state index is 12.0. The van der Waals surface area contributed by atoms with Crippen molar-refractivity contribution in [1.82, 2.24) is 4.83 Å². The average molecular weight is 299 g/mol. The van der Waals surface area contributed by atoms with Crippen molar-refractivity contribution < 1.29 is 8.42 Å². The van der Waals surface area contributed by atoms with Gasteiger partial charge in [-0.1, -0.05) is 35.9 Å². The summed E-state index contributed by atoms with van der Waals surface area (Å²) in [6.07, 6.45) is 1.31. The van der Waals surface area contributed by atoms with Crippen LogP contribution in [0.3, 0.4) is 0 Å². The monoisotopic (exact) mass is 299 g/mol. The van der Waals surface area contributed by atoms with E-state index in [2.05, 4.69) is 9.93 Å². The van der Waals surface area contributed by atoms with Crippen molar-refractivity contribution in [2.45, 2.75) is 11.8 Å². The number of nitriles is 1. The molecule has 106 valence electrons. The fourth-order valence-electron chi connectivity index (χ4n) is 1.65. The van der Waals surface area contributed by atoms with Crippen LogP contribution in [0.15, 0.2) is 58.5 Å². The van der Waals surface area contributed by atoms with Crippen LogP contribution in [-0.4, -0.2) is 14.6 Å². The second kappa shape index (κ2) is 6.20. The molecule has 0 amide bonds. The van der Waals surface area contributed by atoms with E-state index < -0.39 is 10.0 Å². The number of aryl methyl sites for hydroxylation is 1. The van der Waals surface area contributed by atoms with Crippen molar-refractivity contribution in [1.29, 1.82) is 5.26 Å². The van der Waals surface area contributed by atoms with E-state index in [-0.39, 0.29) is 4.90 Å². The van der Waals surface area contributed by atoms with Crippen LogP contribution in [0.25, 0.3) is 0 Å². The number of nitrogens with zero attached hydrogens (tertiary/aromatic N) is 2. The summed E-state index contributed by atoms with van der Waals surface area (Å²) in [5, 5.41) is 12.6. The van der Waals surface area contributed by atoms with E-state index in [1.54, 1.807) is 36.4 Å². The Kier molecular flexibility index (Phi) is 4.36. The molecule has 6 heteroatoms. The highest BCUT2D eigenvalue weighted by molar-refractivity contribution is 7.89. The van der Waals surface area contributed by atoms with Crippen LogP contribution >= 0.6 is 0 Å². The Morgan fingerprint density at radius 1 is 1.14 bits per heavy atom. The third-order valence-electron chi connectivity index (χ3n) is 2.79. The Balaban J connectivity index is 2.17. The maximum Gasteiger partial charge on any atom is 0.276 e. The molecule has 0 bridgehead atoms. The van der Waals surface area contributed by atoms with Crippen LogP contribution in [0.1, 0.15) is 16.7 Å². The van der Waals surface area contributed by atoms with Gasteiger partial charge in [0.05, 0.1) is 22.7 Å². The van der Waals surface area contributed by atoms with Crippen LogP contribution < -0.4 is 4.83 Å². The smallest absolute Gasteiger partial charge is 0.200 e. The van der Waals surface area contributed by atoms with Gasteiger partial charge < -0.3 is 0 Å². The summed E-state index contributed by atoms with van der Waals surface area (Å²) in [5.41, 5.74) is 1.95. The van der Waals surface area contributed by atoms with Gasteiger partial charge in [0, 0.05) is 5.56 Å². The van der Waals surface area contributed by atoms with Crippen molar-refractivity contribution in [2.24, 2.45) is 5.10 Å². The van der Waals surface area contributed by atoms with Gasteiger partial charge in [-0.05, 0) is 25.1 Å².